The summed E-state index contributed by atoms with van der Waals surface area (Å²) < 4.78 is 5.20. The third-order valence-corrected chi connectivity index (χ3v) is 3.63. The minimum atomic E-state index is -0.232. The smallest absolute Gasteiger partial charge is 0.235 e. The van der Waals surface area contributed by atoms with E-state index in [-0.39, 0.29) is 11.3 Å². The van der Waals surface area contributed by atoms with Crippen molar-refractivity contribution in [3.63, 3.8) is 0 Å². The molecular formula is C12H13NO2. The number of carbonyl (C=O) groups is 1. The van der Waals surface area contributed by atoms with Crippen molar-refractivity contribution in [3.05, 3.63) is 23.8 Å². The van der Waals surface area contributed by atoms with Gasteiger partial charge in [0, 0.05) is 5.69 Å². The fourth-order valence-electron chi connectivity index (χ4n) is 2.55. The van der Waals surface area contributed by atoms with Crippen molar-refractivity contribution in [1.82, 2.24) is 0 Å². The molecule has 3 rings (SSSR count). The standard InChI is InChI=1S/C12H13NO2/c1-15-8-3-4-10-9(7-8)12(5-2-6-12)11(14)13-10/h3-4,7H,2,5-6H2,1H3,(H,13,14). The molecule has 1 aliphatic heterocycles. The van der Waals surface area contributed by atoms with Crippen molar-refractivity contribution in [3.8, 4) is 5.75 Å². The van der Waals surface area contributed by atoms with E-state index in [1.54, 1.807) is 7.11 Å². The Bertz CT molecular complexity index is 435. The second kappa shape index (κ2) is 2.75. The van der Waals surface area contributed by atoms with E-state index in [0.717, 1.165) is 36.3 Å². The summed E-state index contributed by atoms with van der Waals surface area (Å²) in [5.41, 5.74) is 1.85. The van der Waals surface area contributed by atoms with Gasteiger partial charge in [0.2, 0.25) is 5.91 Å². The van der Waals surface area contributed by atoms with Gasteiger partial charge >= 0.3 is 0 Å². The molecule has 0 atom stereocenters. The predicted octanol–water partition coefficient (Wildman–Crippen LogP) is 2.07. The van der Waals surface area contributed by atoms with Gasteiger partial charge in [-0.2, -0.15) is 0 Å². The highest BCUT2D eigenvalue weighted by atomic mass is 16.5. The number of carbonyl (C=O) groups excluding carboxylic acids is 1. The number of nitrogens with one attached hydrogen (secondary N) is 1. The molecule has 3 heteroatoms. The molecule has 0 radical (unpaired) electrons. The fraction of sp³-hybridized carbons (Fsp3) is 0.417. The van der Waals surface area contributed by atoms with Crippen LogP contribution in [-0.2, 0) is 10.2 Å². The summed E-state index contributed by atoms with van der Waals surface area (Å²) >= 11 is 0. The van der Waals surface area contributed by atoms with Crippen molar-refractivity contribution >= 4 is 11.6 Å². The maximum Gasteiger partial charge on any atom is 0.235 e. The first-order chi connectivity index (χ1) is 7.26. The van der Waals surface area contributed by atoms with Crippen LogP contribution in [0, 0.1) is 0 Å². The van der Waals surface area contributed by atoms with Crippen molar-refractivity contribution in [2.24, 2.45) is 0 Å². The number of rotatable bonds is 1. The largest absolute Gasteiger partial charge is 0.497 e. The minimum Gasteiger partial charge on any atom is -0.497 e. The molecule has 1 amide bonds. The van der Waals surface area contributed by atoms with Crippen LogP contribution in [0.1, 0.15) is 24.8 Å². The number of benzene rings is 1. The number of hydrogen-bond donors (Lipinski definition) is 1. The Morgan fingerprint density at radius 1 is 1.40 bits per heavy atom. The Balaban J connectivity index is 2.14. The molecule has 78 valence electrons. The summed E-state index contributed by atoms with van der Waals surface area (Å²) in [6, 6.07) is 5.81. The van der Waals surface area contributed by atoms with Crippen LogP contribution in [0.5, 0.6) is 5.75 Å². The maximum absolute atomic E-state index is 11.9. The second-order valence-corrected chi connectivity index (χ2v) is 4.30. The molecule has 2 aliphatic rings. The van der Waals surface area contributed by atoms with E-state index in [2.05, 4.69) is 5.32 Å². The molecule has 0 aromatic heterocycles. The molecule has 1 fully saturated rings. The Kier molecular flexibility index (Phi) is 1.61. The average Bonchev–Trinajstić information content (AvgIpc) is 2.47. The summed E-state index contributed by atoms with van der Waals surface area (Å²) in [7, 11) is 1.65. The van der Waals surface area contributed by atoms with E-state index in [1.165, 1.54) is 0 Å². The van der Waals surface area contributed by atoms with Gasteiger partial charge in [0.1, 0.15) is 5.75 Å². The molecule has 1 aromatic rings. The molecule has 1 aliphatic carbocycles. The van der Waals surface area contributed by atoms with Crippen LogP contribution in [0.3, 0.4) is 0 Å². The number of ether oxygens (including phenoxy) is 1. The number of amides is 1. The Hall–Kier alpha value is -1.51. The predicted molar refractivity (Wildman–Crippen MR) is 57.2 cm³/mol. The minimum absolute atomic E-state index is 0.164. The lowest BCUT2D eigenvalue weighted by Crippen LogP contribution is -2.40. The van der Waals surface area contributed by atoms with Crippen LogP contribution in [0.2, 0.25) is 0 Å². The Morgan fingerprint density at radius 3 is 2.80 bits per heavy atom. The molecule has 15 heavy (non-hydrogen) atoms. The quantitative estimate of drug-likeness (QED) is 0.758. The van der Waals surface area contributed by atoms with Gasteiger partial charge in [-0.15, -0.1) is 0 Å². The first-order valence-corrected chi connectivity index (χ1v) is 5.26. The van der Waals surface area contributed by atoms with Crippen LogP contribution in [0.15, 0.2) is 18.2 Å². The second-order valence-electron chi connectivity index (χ2n) is 4.30. The van der Waals surface area contributed by atoms with Crippen LogP contribution < -0.4 is 10.1 Å². The first kappa shape index (κ1) is 8.77. The molecule has 1 N–H and O–H groups in total. The zero-order valence-electron chi connectivity index (χ0n) is 8.67. The van der Waals surface area contributed by atoms with E-state index in [0.29, 0.717) is 0 Å². The third-order valence-electron chi connectivity index (χ3n) is 3.63. The van der Waals surface area contributed by atoms with Crippen molar-refractivity contribution < 1.29 is 9.53 Å². The topological polar surface area (TPSA) is 38.3 Å². The highest BCUT2D eigenvalue weighted by Crippen LogP contribution is 2.51. The van der Waals surface area contributed by atoms with Gasteiger partial charge < -0.3 is 10.1 Å². The average molecular weight is 203 g/mol. The van der Waals surface area contributed by atoms with Crippen molar-refractivity contribution in [2.45, 2.75) is 24.7 Å². The van der Waals surface area contributed by atoms with Gasteiger partial charge in [-0.1, -0.05) is 6.42 Å². The summed E-state index contributed by atoms with van der Waals surface area (Å²) in [4.78, 5) is 11.9. The molecular weight excluding hydrogens is 190 g/mol. The lowest BCUT2D eigenvalue weighted by Gasteiger charge is -2.36. The van der Waals surface area contributed by atoms with Crippen LogP contribution in [-0.4, -0.2) is 13.0 Å². The third kappa shape index (κ3) is 0.978. The normalized spacial score (nSPS) is 20.7. The van der Waals surface area contributed by atoms with Gasteiger partial charge in [0.15, 0.2) is 0 Å². The summed E-state index contributed by atoms with van der Waals surface area (Å²) in [6.07, 6.45) is 3.09. The number of fused-ring (bicyclic) bond motifs is 2. The van der Waals surface area contributed by atoms with Crippen LogP contribution in [0.25, 0.3) is 0 Å². The van der Waals surface area contributed by atoms with E-state index in [1.807, 2.05) is 18.2 Å². The van der Waals surface area contributed by atoms with Gasteiger partial charge in [-0.25, -0.2) is 0 Å². The zero-order chi connectivity index (χ0) is 10.5. The summed E-state index contributed by atoms with van der Waals surface area (Å²) in [5, 5.41) is 2.95. The monoisotopic (exact) mass is 203 g/mol. The van der Waals surface area contributed by atoms with Crippen molar-refractivity contribution in [1.29, 1.82) is 0 Å². The lowest BCUT2D eigenvalue weighted by atomic mass is 9.65. The van der Waals surface area contributed by atoms with Crippen LogP contribution in [0.4, 0.5) is 5.69 Å². The van der Waals surface area contributed by atoms with E-state index in [4.69, 9.17) is 4.74 Å². The molecule has 1 spiro atoms. The maximum atomic E-state index is 11.9. The molecule has 0 bridgehead atoms. The molecule has 1 heterocycles. The van der Waals surface area contributed by atoms with Gasteiger partial charge in [0.25, 0.3) is 0 Å². The zero-order valence-corrected chi connectivity index (χ0v) is 8.67. The summed E-state index contributed by atoms with van der Waals surface area (Å²) in [5.74, 6) is 0.994. The van der Waals surface area contributed by atoms with Gasteiger partial charge in [-0.05, 0) is 36.6 Å². The Morgan fingerprint density at radius 2 is 2.20 bits per heavy atom. The molecule has 1 aromatic carbocycles. The number of anilines is 1. The fourth-order valence-corrected chi connectivity index (χ4v) is 2.55. The van der Waals surface area contributed by atoms with Gasteiger partial charge in [-0.3, -0.25) is 4.79 Å². The first-order valence-electron chi connectivity index (χ1n) is 5.26. The number of methoxy groups -OCH3 is 1. The Labute approximate surface area is 88.4 Å². The lowest BCUT2D eigenvalue weighted by molar-refractivity contribution is -0.123. The van der Waals surface area contributed by atoms with Crippen molar-refractivity contribution in [2.75, 3.05) is 12.4 Å². The molecule has 3 nitrogen and oxygen atoms in total. The highest BCUT2D eigenvalue weighted by Gasteiger charge is 2.51. The SMILES string of the molecule is COc1ccc2c(c1)C1(CCC1)C(=O)N2. The molecule has 1 saturated carbocycles. The highest BCUT2D eigenvalue weighted by molar-refractivity contribution is 6.07. The van der Waals surface area contributed by atoms with E-state index >= 15 is 0 Å². The van der Waals surface area contributed by atoms with Crippen LogP contribution >= 0.6 is 0 Å². The summed E-state index contributed by atoms with van der Waals surface area (Å²) in [6.45, 7) is 0. The molecule has 0 saturated heterocycles. The molecule has 0 unspecified atom stereocenters. The van der Waals surface area contributed by atoms with E-state index in [9.17, 15) is 4.79 Å². The van der Waals surface area contributed by atoms with Gasteiger partial charge in [0.05, 0.1) is 12.5 Å². The van der Waals surface area contributed by atoms with E-state index < -0.39 is 0 Å². The number of hydrogen-bond acceptors (Lipinski definition) is 2.